The van der Waals surface area contributed by atoms with E-state index in [4.69, 9.17) is 20.7 Å². The molecule has 0 bridgehead atoms. The van der Waals surface area contributed by atoms with E-state index in [-0.39, 0.29) is 36.9 Å². The molecular formula is C28H41BrCl2N8O2S. The molecule has 3 fully saturated rings. The number of anilines is 2. The van der Waals surface area contributed by atoms with Gasteiger partial charge in [0.05, 0.1) is 11.2 Å². The van der Waals surface area contributed by atoms with Gasteiger partial charge in [-0.05, 0) is 75.6 Å². The molecule has 0 spiro atoms. The fourth-order valence-electron chi connectivity index (χ4n) is 6.34. The quantitative estimate of drug-likeness (QED) is 0.278. The number of nitrogens with two attached hydrogens (primary N) is 1. The van der Waals surface area contributed by atoms with Crippen LogP contribution in [0.2, 0.25) is 0 Å². The van der Waals surface area contributed by atoms with Crippen LogP contribution < -0.4 is 16.4 Å². The molecular weight excluding hydrogens is 663 g/mol. The first-order chi connectivity index (χ1) is 19.4. The number of rotatable bonds is 7. The molecule has 232 valence electrons. The summed E-state index contributed by atoms with van der Waals surface area (Å²) in [5, 5.41) is 7.22. The Morgan fingerprint density at radius 3 is 2.14 bits per heavy atom. The van der Waals surface area contributed by atoms with E-state index in [1.165, 1.54) is 19.3 Å². The fraction of sp³-hybridized carbons (Fsp3) is 0.607. The van der Waals surface area contributed by atoms with Crippen LogP contribution >= 0.6 is 40.7 Å². The van der Waals surface area contributed by atoms with Gasteiger partial charge in [-0.15, -0.1) is 24.8 Å². The van der Waals surface area contributed by atoms with Gasteiger partial charge >= 0.3 is 0 Å². The molecule has 1 aromatic carbocycles. The minimum atomic E-state index is -3.52. The van der Waals surface area contributed by atoms with Gasteiger partial charge in [0, 0.05) is 41.7 Å². The maximum Gasteiger partial charge on any atom is 0.243 e. The predicted octanol–water partition coefficient (Wildman–Crippen LogP) is 5.88. The van der Waals surface area contributed by atoms with Crippen molar-refractivity contribution < 1.29 is 8.42 Å². The largest absolute Gasteiger partial charge is 0.365 e. The molecule has 3 aliphatic rings. The van der Waals surface area contributed by atoms with Crippen LogP contribution in [-0.2, 0) is 10.0 Å². The Morgan fingerprint density at radius 1 is 0.833 bits per heavy atom. The standard InChI is InChI=1S/C28H39BrN8O2S.2ClH/c29-19-6-12-24(13-7-19)40(38,39)36-16-14-22(15-17-36)32-26-25-27(37(18-31-25)23-4-2-1-3-5-23)35-28(34-26)33-21-10-8-20(30)9-11-21;;/h6-7,12-13,18,20-23H,1-5,8-11,14-17,30H2,(H2,32,33,34,35);2*1H. The predicted molar refractivity (Wildman–Crippen MR) is 175 cm³/mol. The third-order valence-corrected chi connectivity index (χ3v) is 11.2. The van der Waals surface area contributed by atoms with Crippen LogP contribution in [0.5, 0.6) is 0 Å². The minimum absolute atomic E-state index is 0. The number of imidazole rings is 1. The zero-order valence-corrected chi connectivity index (χ0v) is 27.7. The van der Waals surface area contributed by atoms with E-state index < -0.39 is 10.0 Å². The molecule has 10 nitrogen and oxygen atoms in total. The van der Waals surface area contributed by atoms with Crippen LogP contribution in [0.15, 0.2) is 40.0 Å². The lowest BCUT2D eigenvalue weighted by Crippen LogP contribution is -2.42. The van der Waals surface area contributed by atoms with Crippen LogP contribution in [-0.4, -0.2) is 63.5 Å². The number of piperidine rings is 1. The molecule has 1 aliphatic heterocycles. The molecule has 2 aromatic heterocycles. The van der Waals surface area contributed by atoms with E-state index in [9.17, 15) is 8.42 Å². The molecule has 3 heterocycles. The first kappa shape index (κ1) is 33.2. The van der Waals surface area contributed by atoms with Crippen molar-refractivity contribution in [3.05, 3.63) is 35.1 Å². The first-order valence-corrected chi connectivity index (χ1v) is 16.9. The van der Waals surface area contributed by atoms with Crippen molar-refractivity contribution in [3.8, 4) is 0 Å². The van der Waals surface area contributed by atoms with Crippen molar-refractivity contribution in [2.45, 2.75) is 99.7 Å². The van der Waals surface area contributed by atoms with Gasteiger partial charge in [0.25, 0.3) is 0 Å². The summed E-state index contributed by atoms with van der Waals surface area (Å²) >= 11 is 3.38. The van der Waals surface area contributed by atoms with E-state index in [0.717, 1.165) is 60.0 Å². The van der Waals surface area contributed by atoms with Gasteiger partial charge in [0.2, 0.25) is 16.0 Å². The molecule has 14 heteroatoms. The van der Waals surface area contributed by atoms with Gasteiger partial charge < -0.3 is 20.9 Å². The molecule has 2 saturated carbocycles. The third-order valence-electron chi connectivity index (χ3n) is 8.74. The molecule has 0 radical (unpaired) electrons. The maximum atomic E-state index is 13.2. The van der Waals surface area contributed by atoms with Crippen LogP contribution in [0.1, 0.15) is 76.7 Å². The number of sulfonamides is 1. The number of fused-ring (bicyclic) bond motifs is 1. The van der Waals surface area contributed by atoms with Crippen molar-refractivity contribution in [2.24, 2.45) is 5.73 Å². The molecule has 1 saturated heterocycles. The molecule has 42 heavy (non-hydrogen) atoms. The van der Waals surface area contributed by atoms with Crippen LogP contribution in [0.25, 0.3) is 11.2 Å². The number of hydrogen-bond donors (Lipinski definition) is 3. The Labute approximate surface area is 269 Å². The number of halogens is 3. The first-order valence-electron chi connectivity index (χ1n) is 14.7. The van der Waals surface area contributed by atoms with E-state index >= 15 is 0 Å². The highest BCUT2D eigenvalue weighted by atomic mass is 79.9. The molecule has 0 unspecified atom stereocenters. The summed E-state index contributed by atoms with van der Waals surface area (Å²) in [6.07, 6.45) is 13.4. The summed E-state index contributed by atoms with van der Waals surface area (Å²) in [6, 6.07) is 7.93. The second kappa shape index (κ2) is 14.4. The summed E-state index contributed by atoms with van der Waals surface area (Å²) in [6.45, 7) is 0.905. The Hall–Kier alpha value is -1.70. The number of nitrogens with zero attached hydrogens (tertiary/aromatic N) is 5. The number of benzene rings is 1. The Kier molecular flexibility index (Phi) is 11.4. The normalized spacial score (nSPS) is 22.7. The van der Waals surface area contributed by atoms with Gasteiger partial charge in [0.15, 0.2) is 17.0 Å². The lowest BCUT2D eigenvalue weighted by Gasteiger charge is -2.32. The molecule has 0 amide bonds. The van der Waals surface area contributed by atoms with Gasteiger partial charge in [-0.2, -0.15) is 14.3 Å². The summed E-state index contributed by atoms with van der Waals surface area (Å²) < 4.78 is 31.1. The fourth-order valence-corrected chi connectivity index (χ4v) is 8.08. The highest BCUT2D eigenvalue weighted by Gasteiger charge is 2.30. The molecule has 3 aromatic rings. The van der Waals surface area contributed by atoms with Gasteiger partial charge in [-0.25, -0.2) is 13.4 Å². The Balaban J connectivity index is 0.00000202. The smallest absolute Gasteiger partial charge is 0.243 e. The van der Waals surface area contributed by atoms with Crippen molar-refractivity contribution in [3.63, 3.8) is 0 Å². The summed E-state index contributed by atoms with van der Waals surface area (Å²) in [5.74, 6) is 1.35. The average molecular weight is 705 g/mol. The SMILES string of the molecule is Cl.Cl.NC1CCC(Nc2nc(NC3CCN(S(=O)(=O)c4ccc(Br)cc4)CC3)c3ncn(C4CCCCC4)c3n2)CC1. The number of hydrogen-bond acceptors (Lipinski definition) is 8. The van der Waals surface area contributed by atoms with Crippen LogP contribution in [0.4, 0.5) is 11.8 Å². The van der Waals surface area contributed by atoms with Gasteiger partial charge in [-0.1, -0.05) is 35.2 Å². The van der Waals surface area contributed by atoms with Crippen molar-refractivity contribution in [1.29, 1.82) is 0 Å². The molecule has 2 aliphatic carbocycles. The highest BCUT2D eigenvalue weighted by Crippen LogP contribution is 2.33. The Morgan fingerprint density at radius 2 is 1.48 bits per heavy atom. The van der Waals surface area contributed by atoms with Crippen molar-refractivity contribution in [1.82, 2.24) is 23.8 Å². The van der Waals surface area contributed by atoms with Crippen molar-refractivity contribution in [2.75, 3.05) is 23.7 Å². The monoisotopic (exact) mass is 702 g/mol. The summed E-state index contributed by atoms with van der Waals surface area (Å²) in [4.78, 5) is 15.0. The molecule has 6 rings (SSSR count). The molecule has 0 atom stereocenters. The lowest BCUT2D eigenvalue weighted by atomic mass is 9.92. The number of aromatic nitrogens is 4. The third kappa shape index (κ3) is 7.32. The number of nitrogens with one attached hydrogen (secondary N) is 2. The average Bonchev–Trinajstić information content (AvgIpc) is 3.40. The van der Waals surface area contributed by atoms with E-state index in [1.54, 1.807) is 28.6 Å². The zero-order valence-electron chi connectivity index (χ0n) is 23.6. The van der Waals surface area contributed by atoms with Crippen LogP contribution in [0, 0.1) is 0 Å². The van der Waals surface area contributed by atoms with Gasteiger partial charge in [-0.3, -0.25) is 0 Å². The van der Waals surface area contributed by atoms with E-state index in [0.29, 0.717) is 48.9 Å². The van der Waals surface area contributed by atoms with Crippen LogP contribution in [0.3, 0.4) is 0 Å². The second-order valence-electron chi connectivity index (χ2n) is 11.5. The second-order valence-corrected chi connectivity index (χ2v) is 14.4. The summed E-state index contributed by atoms with van der Waals surface area (Å²) in [7, 11) is -3.52. The van der Waals surface area contributed by atoms with Crippen molar-refractivity contribution >= 4 is 73.7 Å². The topological polar surface area (TPSA) is 131 Å². The van der Waals surface area contributed by atoms with E-state index in [2.05, 4.69) is 31.1 Å². The van der Waals surface area contributed by atoms with Gasteiger partial charge in [0.1, 0.15) is 0 Å². The van der Waals surface area contributed by atoms with E-state index in [1.807, 2.05) is 6.33 Å². The lowest BCUT2D eigenvalue weighted by molar-refractivity contribution is 0.329. The zero-order chi connectivity index (χ0) is 27.7. The maximum absolute atomic E-state index is 13.2. The summed E-state index contributed by atoms with van der Waals surface area (Å²) in [5.41, 5.74) is 7.79. The Bertz CT molecular complexity index is 1420. The minimum Gasteiger partial charge on any atom is -0.365 e. The highest BCUT2D eigenvalue weighted by molar-refractivity contribution is 9.10. The molecule has 4 N–H and O–H groups in total.